The van der Waals surface area contributed by atoms with Crippen LogP contribution in [0.25, 0.3) is 22.3 Å². The molecule has 1 aliphatic heterocycles. The van der Waals surface area contributed by atoms with Gasteiger partial charge in [0.15, 0.2) is 17.3 Å². The van der Waals surface area contributed by atoms with Gasteiger partial charge in [-0.3, -0.25) is 9.69 Å². The SMILES string of the molecule is COc1ccc2c(=O)c(OCCCCN3CCOCC3)c(-c3ccc(OC)c(OC)c3)oc2c1. The fourth-order valence-corrected chi connectivity index (χ4v) is 4.02. The van der Waals surface area contributed by atoms with E-state index in [1.54, 1.807) is 51.7 Å². The minimum Gasteiger partial charge on any atom is -0.497 e. The normalized spacial score (nSPS) is 14.2. The Kier molecular flexibility index (Phi) is 7.92. The van der Waals surface area contributed by atoms with Crippen molar-refractivity contribution in [1.82, 2.24) is 4.90 Å². The van der Waals surface area contributed by atoms with E-state index in [2.05, 4.69) is 4.90 Å². The van der Waals surface area contributed by atoms with Crippen LogP contribution in [0.2, 0.25) is 0 Å². The Hall–Kier alpha value is -3.23. The molecule has 2 aromatic carbocycles. The maximum Gasteiger partial charge on any atom is 0.235 e. The van der Waals surface area contributed by atoms with E-state index in [-0.39, 0.29) is 11.2 Å². The van der Waals surface area contributed by atoms with E-state index in [0.29, 0.717) is 46.1 Å². The van der Waals surface area contributed by atoms with E-state index in [4.69, 9.17) is 28.1 Å². The number of hydrogen-bond donors (Lipinski definition) is 0. The van der Waals surface area contributed by atoms with Gasteiger partial charge in [0, 0.05) is 24.7 Å². The van der Waals surface area contributed by atoms with Gasteiger partial charge in [-0.1, -0.05) is 0 Å². The lowest BCUT2D eigenvalue weighted by Crippen LogP contribution is -2.36. The molecule has 0 unspecified atom stereocenters. The minimum absolute atomic E-state index is 0.191. The lowest BCUT2D eigenvalue weighted by atomic mass is 10.1. The Labute approximate surface area is 198 Å². The van der Waals surface area contributed by atoms with E-state index in [1.165, 1.54) is 0 Å². The molecular formula is C26H31NO7. The highest BCUT2D eigenvalue weighted by molar-refractivity contribution is 5.83. The zero-order chi connectivity index (χ0) is 23.9. The zero-order valence-electron chi connectivity index (χ0n) is 19.9. The summed E-state index contributed by atoms with van der Waals surface area (Å²) in [7, 11) is 4.71. The van der Waals surface area contributed by atoms with Crippen LogP contribution in [0.3, 0.4) is 0 Å². The van der Waals surface area contributed by atoms with Gasteiger partial charge in [0.25, 0.3) is 0 Å². The molecule has 3 aromatic rings. The summed E-state index contributed by atoms with van der Waals surface area (Å²) in [6.07, 6.45) is 1.80. The Morgan fingerprint density at radius 2 is 1.71 bits per heavy atom. The number of benzene rings is 2. The molecule has 4 rings (SSSR count). The lowest BCUT2D eigenvalue weighted by molar-refractivity contribution is 0.0368. The second kappa shape index (κ2) is 11.3. The second-order valence-corrected chi connectivity index (χ2v) is 8.03. The van der Waals surface area contributed by atoms with Crippen LogP contribution in [0.1, 0.15) is 12.8 Å². The van der Waals surface area contributed by atoms with E-state index in [9.17, 15) is 4.79 Å². The molecule has 8 heteroatoms. The predicted octanol–water partition coefficient (Wildman–Crippen LogP) is 3.98. The standard InChI is InChI=1S/C26H31NO7/c1-29-19-7-8-20-22(17-19)34-25(18-6-9-21(30-2)23(16-18)31-3)26(24(20)28)33-13-5-4-10-27-11-14-32-15-12-27/h6-9,16-17H,4-5,10-15H2,1-3H3. The van der Waals surface area contributed by atoms with Gasteiger partial charge in [-0.15, -0.1) is 0 Å². The third kappa shape index (κ3) is 5.29. The number of ether oxygens (including phenoxy) is 5. The van der Waals surface area contributed by atoms with Crippen LogP contribution in [0.4, 0.5) is 0 Å². The first-order valence-corrected chi connectivity index (χ1v) is 11.4. The van der Waals surface area contributed by atoms with E-state index >= 15 is 0 Å². The number of unbranched alkanes of at least 4 members (excludes halogenated alkanes) is 1. The molecule has 0 aliphatic carbocycles. The van der Waals surface area contributed by atoms with Crippen molar-refractivity contribution in [1.29, 1.82) is 0 Å². The molecule has 8 nitrogen and oxygen atoms in total. The molecule has 0 spiro atoms. The Balaban J connectivity index is 1.62. The van der Waals surface area contributed by atoms with Crippen molar-refractivity contribution < 1.29 is 28.1 Å². The van der Waals surface area contributed by atoms with Crippen LogP contribution in [0.5, 0.6) is 23.0 Å². The van der Waals surface area contributed by atoms with Crippen molar-refractivity contribution in [2.45, 2.75) is 12.8 Å². The van der Waals surface area contributed by atoms with Crippen LogP contribution >= 0.6 is 0 Å². The zero-order valence-corrected chi connectivity index (χ0v) is 19.9. The number of nitrogens with zero attached hydrogens (tertiary/aromatic N) is 1. The highest BCUT2D eigenvalue weighted by Gasteiger charge is 2.20. The summed E-state index contributed by atoms with van der Waals surface area (Å²) in [4.78, 5) is 15.8. The van der Waals surface area contributed by atoms with E-state index in [0.717, 1.165) is 45.7 Å². The summed E-state index contributed by atoms with van der Waals surface area (Å²) < 4.78 is 33.8. The topological polar surface area (TPSA) is 79.6 Å². The van der Waals surface area contributed by atoms with Crippen molar-refractivity contribution in [2.24, 2.45) is 0 Å². The first-order chi connectivity index (χ1) is 16.6. The smallest absolute Gasteiger partial charge is 0.235 e. The van der Waals surface area contributed by atoms with E-state index in [1.807, 2.05) is 6.07 Å². The summed E-state index contributed by atoms with van der Waals surface area (Å²) in [6.45, 7) is 4.89. The quantitative estimate of drug-likeness (QED) is 0.413. The molecule has 34 heavy (non-hydrogen) atoms. The first-order valence-electron chi connectivity index (χ1n) is 11.4. The van der Waals surface area contributed by atoms with Crippen LogP contribution in [0, 0.1) is 0 Å². The molecule has 0 atom stereocenters. The van der Waals surface area contributed by atoms with Gasteiger partial charge in [0.2, 0.25) is 11.2 Å². The van der Waals surface area contributed by atoms with Crippen LogP contribution in [-0.2, 0) is 4.74 Å². The van der Waals surface area contributed by atoms with Gasteiger partial charge in [-0.05, 0) is 49.7 Å². The minimum atomic E-state index is -0.220. The average molecular weight is 470 g/mol. The van der Waals surface area contributed by atoms with Gasteiger partial charge in [0.1, 0.15) is 11.3 Å². The maximum atomic E-state index is 13.4. The molecule has 2 heterocycles. The van der Waals surface area contributed by atoms with Crippen LogP contribution in [0.15, 0.2) is 45.6 Å². The third-order valence-corrected chi connectivity index (χ3v) is 5.92. The molecule has 0 saturated carbocycles. The van der Waals surface area contributed by atoms with Crippen molar-refractivity contribution in [3.05, 3.63) is 46.6 Å². The Bertz CT molecular complexity index is 1170. The Morgan fingerprint density at radius 1 is 0.912 bits per heavy atom. The highest BCUT2D eigenvalue weighted by atomic mass is 16.5. The summed E-state index contributed by atoms with van der Waals surface area (Å²) in [5, 5.41) is 0.438. The molecule has 0 amide bonds. The summed E-state index contributed by atoms with van der Waals surface area (Å²) in [6, 6.07) is 10.5. The highest BCUT2D eigenvalue weighted by Crippen LogP contribution is 2.37. The van der Waals surface area contributed by atoms with E-state index < -0.39 is 0 Å². The van der Waals surface area contributed by atoms with Crippen LogP contribution in [-0.4, -0.2) is 65.7 Å². The number of methoxy groups -OCH3 is 3. The summed E-state index contributed by atoms with van der Waals surface area (Å²) in [5.74, 6) is 2.26. The predicted molar refractivity (Wildman–Crippen MR) is 130 cm³/mol. The van der Waals surface area contributed by atoms with Gasteiger partial charge < -0.3 is 28.1 Å². The molecular weight excluding hydrogens is 438 g/mol. The fraction of sp³-hybridized carbons (Fsp3) is 0.423. The van der Waals surface area contributed by atoms with Gasteiger partial charge in [-0.25, -0.2) is 0 Å². The molecule has 0 N–H and O–H groups in total. The first kappa shape index (κ1) is 23.9. The summed E-state index contributed by atoms with van der Waals surface area (Å²) in [5.41, 5.74) is 0.860. The molecule has 1 aliphatic rings. The third-order valence-electron chi connectivity index (χ3n) is 5.92. The molecule has 1 fully saturated rings. The fourth-order valence-electron chi connectivity index (χ4n) is 4.02. The molecule has 0 radical (unpaired) electrons. The maximum absolute atomic E-state index is 13.4. The van der Waals surface area contributed by atoms with Crippen molar-refractivity contribution >= 4 is 11.0 Å². The van der Waals surface area contributed by atoms with Gasteiger partial charge >= 0.3 is 0 Å². The molecule has 0 bridgehead atoms. The van der Waals surface area contributed by atoms with Gasteiger partial charge in [-0.2, -0.15) is 0 Å². The van der Waals surface area contributed by atoms with Crippen LogP contribution < -0.4 is 24.4 Å². The largest absolute Gasteiger partial charge is 0.497 e. The molecule has 182 valence electrons. The molecule has 1 saturated heterocycles. The number of fused-ring (bicyclic) bond motifs is 1. The lowest BCUT2D eigenvalue weighted by Gasteiger charge is -2.26. The summed E-state index contributed by atoms with van der Waals surface area (Å²) >= 11 is 0. The Morgan fingerprint density at radius 3 is 2.44 bits per heavy atom. The van der Waals surface area contributed by atoms with Crippen molar-refractivity contribution in [3.8, 4) is 34.3 Å². The number of hydrogen-bond acceptors (Lipinski definition) is 8. The van der Waals surface area contributed by atoms with Crippen molar-refractivity contribution in [2.75, 3.05) is 60.8 Å². The second-order valence-electron chi connectivity index (χ2n) is 8.03. The monoisotopic (exact) mass is 469 g/mol. The van der Waals surface area contributed by atoms with Crippen molar-refractivity contribution in [3.63, 3.8) is 0 Å². The number of rotatable bonds is 10. The average Bonchev–Trinajstić information content (AvgIpc) is 2.89. The number of morpholine rings is 1. The molecule has 1 aromatic heterocycles. The van der Waals surface area contributed by atoms with Gasteiger partial charge in [0.05, 0.1) is 46.5 Å².